The van der Waals surface area contributed by atoms with Gasteiger partial charge >= 0.3 is 11.9 Å². The summed E-state index contributed by atoms with van der Waals surface area (Å²) < 4.78 is 9.40. The van der Waals surface area contributed by atoms with E-state index in [2.05, 4.69) is 41.5 Å². The highest BCUT2D eigenvalue weighted by Gasteiger charge is 2.61. The van der Waals surface area contributed by atoms with Crippen molar-refractivity contribution in [2.45, 2.75) is 144 Å². The fraction of sp³-hybridized carbons (Fsp3) is 0.783. The number of carbonyl (C=O) groups is 6. The minimum absolute atomic E-state index is 0.0592. The van der Waals surface area contributed by atoms with Crippen LogP contribution in [0.5, 0.6) is 0 Å². The lowest BCUT2D eigenvalue weighted by Crippen LogP contribution is -2.47. The molecule has 0 aromatic rings. The van der Waals surface area contributed by atoms with Crippen molar-refractivity contribution in [2.24, 2.45) is 57.2 Å². The van der Waals surface area contributed by atoms with Gasteiger partial charge in [-0.15, -0.1) is 0 Å². The van der Waals surface area contributed by atoms with Crippen molar-refractivity contribution in [3.63, 3.8) is 0 Å². The van der Waals surface area contributed by atoms with Gasteiger partial charge in [0.05, 0.1) is 37.9 Å². The molecule has 10 nitrogen and oxygen atoms in total. The fourth-order valence-corrected chi connectivity index (χ4v) is 13.9. The van der Waals surface area contributed by atoms with Crippen LogP contribution in [0.1, 0.15) is 144 Å². The highest BCUT2D eigenvalue weighted by molar-refractivity contribution is 6.08. The number of ether oxygens (including phenoxy) is 2. The Morgan fingerprint density at radius 3 is 1.27 bits per heavy atom. The molecule has 0 aromatic carbocycles. The molecule has 4 fully saturated rings. The molecule has 0 radical (unpaired) electrons. The minimum Gasteiger partial charge on any atom is -0.468 e. The van der Waals surface area contributed by atoms with E-state index >= 15 is 0 Å². The van der Waals surface area contributed by atoms with E-state index < -0.39 is 11.9 Å². The average molecular weight is 775 g/mol. The zero-order chi connectivity index (χ0) is 40.5. The highest BCUT2D eigenvalue weighted by Crippen LogP contribution is 2.65. The highest BCUT2D eigenvalue weighted by atomic mass is 16.5. The first-order chi connectivity index (χ1) is 26.5. The van der Waals surface area contributed by atoms with Crippen LogP contribution >= 0.6 is 0 Å². The lowest BCUT2D eigenvalue weighted by atomic mass is 9.48. The zero-order valence-electron chi connectivity index (χ0n) is 35.4. The Labute approximate surface area is 333 Å². The molecular formula is C46H66N2O8. The summed E-state index contributed by atoms with van der Waals surface area (Å²) in [7, 11) is 2.58. The maximum Gasteiger partial charge on any atom is 0.325 e. The molecule has 10 heteroatoms. The Morgan fingerprint density at radius 1 is 0.571 bits per heavy atom. The molecule has 2 heterocycles. The van der Waals surface area contributed by atoms with Crippen LogP contribution in [0.3, 0.4) is 0 Å². The van der Waals surface area contributed by atoms with Crippen molar-refractivity contribution in [3.8, 4) is 0 Å². The molecule has 0 spiro atoms. The Morgan fingerprint density at radius 2 is 0.929 bits per heavy atom. The van der Waals surface area contributed by atoms with E-state index in [4.69, 9.17) is 9.47 Å². The first kappa shape index (κ1) is 40.9. The summed E-state index contributed by atoms with van der Waals surface area (Å²) in [6.07, 6.45) is 16.9. The molecule has 8 aliphatic rings. The Hall–Kier alpha value is -3.30. The van der Waals surface area contributed by atoms with E-state index in [1.165, 1.54) is 49.7 Å². The maximum atomic E-state index is 13.1. The number of methoxy groups -OCH3 is 2. The molecule has 2 saturated heterocycles. The number of amides is 4. The Kier molecular flexibility index (Phi) is 10.8. The number of rotatable bonds is 6. The fourth-order valence-electron chi connectivity index (χ4n) is 13.9. The molecule has 56 heavy (non-hydrogen) atoms. The van der Waals surface area contributed by atoms with E-state index in [-0.39, 0.29) is 82.0 Å². The number of allylic oxidation sites excluding steroid dienone is 4. The van der Waals surface area contributed by atoms with E-state index in [0.29, 0.717) is 11.8 Å². The van der Waals surface area contributed by atoms with Gasteiger partial charge in [0.15, 0.2) is 0 Å². The number of fused-ring (bicyclic) bond motifs is 6. The van der Waals surface area contributed by atoms with Crippen molar-refractivity contribution in [1.29, 1.82) is 0 Å². The first-order valence-electron chi connectivity index (χ1n) is 21.8. The number of hydrogen-bond acceptors (Lipinski definition) is 8. The quantitative estimate of drug-likeness (QED) is 0.153. The Balaban J connectivity index is 0.000000172. The van der Waals surface area contributed by atoms with Gasteiger partial charge in [0, 0.05) is 0 Å². The number of nitrogens with zero attached hydrogens (tertiary/aromatic N) is 2. The lowest BCUT2D eigenvalue weighted by molar-refractivity contribution is -0.151. The molecule has 8 rings (SSSR count). The summed E-state index contributed by atoms with van der Waals surface area (Å²) in [5.74, 6) is -1.78. The third-order valence-electron chi connectivity index (χ3n) is 16.9. The molecule has 4 amide bonds. The molecule has 2 aliphatic heterocycles. The summed E-state index contributed by atoms with van der Waals surface area (Å²) in [6, 6.07) is 0. The number of likely N-dealkylation sites (tertiary alicyclic amines) is 2. The standard InChI is InChI=1S/2C23H33NO4/c2*1-5-23-12-16-15(20(26)24(21(16)27)13-19(25)28-4)11-14(23)8-9-17-18(23)7-6-10-22(17,2)3/h2*14-16H,5-13H2,1-4H3. The summed E-state index contributed by atoms with van der Waals surface area (Å²) >= 11 is 0. The Bertz CT molecular complexity index is 1630. The number of esters is 2. The molecule has 8 unspecified atom stereocenters. The second-order valence-electron chi connectivity index (χ2n) is 19.9. The van der Waals surface area contributed by atoms with Crippen LogP contribution < -0.4 is 0 Å². The normalized spacial score (nSPS) is 36.7. The topological polar surface area (TPSA) is 127 Å². The van der Waals surface area contributed by atoms with E-state index in [9.17, 15) is 28.8 Å². The molecular weight excluding hydrogens is 709 g/mol. The largest absolute Gasteiger partial charge is 0.468 e. The van der Waals surface area contributed by atoms with Crippen LogP contribution in [0, 0.1) is 57.2 Å². The lowest BCUT2D eigenvalue weighted by Gasteiger charge is -2.55. The van der Waals surface area contributed by atoms with Crippen LogP contribution in [-0.2, 0) is 38.2 Å². The molecule has 308 valence electrons. The number of imide groups is 2. The van der Waals surface area contributed by atoms with Crippen molar-refractivity contribution in [3.05, 3.63) is 22.3 Å². The van der Waals surface area contributed by atoms with Crippen LogP contribution in [0.25, 0.3) is 0 Å². The third-order valence-corrected chi connectivity index (χ3v) is 16.9. The van der Waals surface area contributed by atoms with Gasteiger partial charge in [0.25, 0.3) is 0 Å². The third kappa shape index (κ3) is 6.33. The summed E-state index contributed by atoms with van der Waals surface area (Å²) in [5, 5.41) is 0. The first-order valence-corrected chi connectivity index (χ1v) is 21.8. The molecule has 0 bridgehead atoms. The van der Waals surface area contributed by atoms with Gasteiger partial charge in [-0.2, -0.15) is 0 Å². The number of carbonyl (C=O) groups excluding carboxylic acids is 6. The van der Waals surface area contributed by atoms with E-state index in [1.807, 2.05) is 0 Å². The van der Waals surface area contributed by atoms with Crippen LogP contribution in [-0.4, -0.2) is 72.7 Å². The summed E-state index contributed by atoms with van der Waals surface area (Å²) in [6.45, 7) is 13.5. The zero-order valence-corrected chi connectivity index (χ0v) is 35.4. The smallest absolute Gasteiger partial charge is 0.325 e. The van der Waals surface area contributed by atoms with Crippen molar-refractivity contribution >= 4 is 35.6 Å². The van der Waals surface area contributed by atoms with Crippen LogP contribution in [0.4, 0.5) is 0 Å². The molecule has 0 aromatic heterocycles. The predicted molar refractivity (Wildman–Crippen MR) is 210 cm³/mol. The van der Waals surface area contributed by atoms with Gasteiger partial charge in [-0.05, 0) is 136 Å². The summed E-state index contributed by atoms with van der Waals surface area (Å²) in [4.78, 5) is 77.9. The SMILES string of the molecule is CCC12CC3C(=O)N(CC(=O)OC)C(=O)C3CC1CCC1=C2CCCC1(C)C.CCC12CC3C(=O)N(CC(=O)OC)C(=O)C3CC1CCC1=C2CCCC1(C)C. The molecule has 2 saturated carbocycles. The molecule has 0 N–H and O–H groups in total. The van der Waals surface area contributed by atoms with Gasteiger partial charge in [-0.3, -0.25) is 38.6 Å². The van der Waals surface area contributed by atoms with Crippen LogP contribution in [0.2, 0.25) is 0 Å². The van der Waals surface area contributed by atoms with Crippen molar-refractivity contribution < 1.29 is 38.2 Å². The molecule has 6 aliphatic carbocycles. The second kappa shape index (κ2) is 14.8. The van der Waals surface area contributed by atoms with E-state index in [0.717, 1.165) is 77.0 Å². The van der Waals surface area contributed by atoms with Crippen molar-refractivity contribution in [1.82, 2.24) is 9.80 Å². The predicted octanol–water partition coefficient (Wildman–Crippen LogP) is 7.74. The van der Waals surface area contributed by atoms with Crippen molar-refractivity contribution in [2.75, 3.05) is 27.3 Å². The van der Waals surface area contributed by atoms with Crippen LogP contribution in [0.15, 0.2) is 22.3 Å². The van der Waals surface area contributed by atoms with Gasteiger partial charge < -0.3 is 9.47 Å². The van der Waals surface area contributed by atoms with Gasteiger partial charge in [0.1, 0.15) is 13.1 Å². The monoisotopic (exact) mass is 774 g/mol. The number of hydrogen-bond donors (Lipinski definition) is 0. The summed E-state index contributed by atoms with van der Waals surface area (Å²) in [5.41, 5.74) is 7.14. The van der Waals surface area contributed by atoms with Gasteiger partial charge in [0.2, 0.25) is 23.6 Å². The van der Waals surface area contributed by atoms with Gasteiger partial charge in [-0.25, -0.2) is 0 Å². The minimum atomic E-state index is -0.526. The molecule has 8 atom stereocenters. The maximum absolute atomic E-state index is 13.1. The average Bonchev–Trinajstić information content (AvgIpc) is 3.54. The van der Waals surface area contributed by atoms with Gasteiger partial charge in [-0.1, -0.05) is 63.8 Å². The second-order valence-corrected chi connectivity index (χ2v) is 19.9. The van der Waals surface area contributed by atoms with E-state index in [1.54, 1.807) is 22.3 Å².